The Hall–Kier alpha value is -0.810. The SMILES string of the molecule is CCCCCCCCCCCC(=O)OCC[N+](C)(C)CCOC(=O)CCCCCCCCCCC.[Cl-]. The number of unbranched alkanes of at least 4 members (excludes halogenated alkanes) is 16. The molecule has 0 aliphatic carbocycles. The summed E-state index contributed by atoms with van der Waals surface area (Å²) in [6, 6.07) is 0. The van der Waals surface area contributed by atoms with Crippen LogP contribution < -0.4 is 12.4 Å². The first-order chi connectivity index (χ1) is 16.9. The van der Waals surface area contributed by atoms with E-state index in [0.717, 1.165) is 38.8 Å². The highest BCUT2D eigenvalue weighted by molar-refractivity contribution is 5.69. The van der Waals surface area contributed by atoms with Gasteiger partial charge in [-0.05, 0) is 12.8 Å². The molecule has 5 nitrogen and oxygen atoms in total. The summed E-state index contributed by atoms with van der Waals surface area (Å²) >= 11 is 0. The molecule has 0 saturated carbocycles. The summed E-state index contributed by atoms with van der Waals surface area (Å²) in [5.41, 5.74) is 0. The first kappa shape index (κ1) is 37.3. The Labute approximate surface area is 230 Å². The first-order valence-electron chi connectivity index (χ1n) is 15.0. The number of likely N-dealkylation sites (N-methyl/N-ethyl adjacent to an activating group) is 1. The lowest BCUT2D eigenvalue weighted by Crippen LogP contribution is -3.00. The zero-order valence-corrected chi connectivity index (χ0v) is 25.2. The molecule has 0 aromatic heterocycles. The van der Waals surface area contributed by atoms with Gasteiger partial charge in [0.2, 0.25) is 0 Å². The molecule has 36 heavy (non-hydrogen) atoms. The number of quaternary nitrogens is 1. The van der Waals surface area contributed by atoms with Gasteiger partial charge >= 0.3 is 11.9 Å². The van der Waals surface area contributed by atoms with Gasteiger partial charge in [0.1, 0.15) is 26.3 Å². The third kappa shape index (κ3) is 27.8. The van der Waals surface area contributed by atoms with Crippen LogP contribution in [-0.4, -0.2) is 56.8 Å². The topological polar surface area (TPSA) is 52.6 Å². The van der Waals surface area contributed by atoms with Crippen LogP contribution in [0.2, 0.25) is 0 Å². The number of hydrogen-bond donors (Lipinski definition) is 0. The lowest BCUT2D eigenvalue weighted by Gasteiger charge is -2.29. The minimum Gasteiger partial charge on any atom is -1.00 e. The fourth-order valence-corrected chi connectivity index (χ4v) is 4.23. The quantitative estimate of drug-likeness (QED) is 0.0892. The van der Waals surface area contributed by atoms with E-state index in [2.05, 4.69) is 27.9 Å². The van der Waals surface area contributed by atoms with Crippen molar-refractivity contribution in [2.45, 2.75) is 142 Å². The van der Waals surface area contributed by atoms with Crippen LogP contribution in [-0.2, 0) is 19.1 Å². The second-order valence-corrected chi connectivity index (χ2v) is 11.0. The van der Waals surface area contributed by atoms with Crippen LogP contribution >= 0.6 is 0 Å². The van der Waals surface area contributed by atoms with Crippen molar-refractivity contribution in [1.82, 2.24) is 0 Å². The number of hydrogen-bond acceptors (Lipinski definition) is 4. The Morgan fingerprint density at radius 1 is 0.500 bits per heavy atom. The van der Waals surface area contributed by atoms with Gasteiger partial charge in [-0.15, -0.1) is 0 Å². The van der Waals surface area contributed by atoms with E-state index < -0.39 is 0 Å². The van der Waals surface area contributed by atoms with Gasteiger partial charge in [0.15, 0.2) is 0 Å². The second kappa shape index (κ2) is 27.2. The summed E-state index contributed by atoms with van der Waals surface area (Å²) < 4.78 is 11.5. The number of ether oxygens (including phenoxy) is 2. The molecule has 0 rings (SSSR count). The van der Waals surface area contributed by atoms with Crippen LogP contribution in [0, 0.1) is 0 Å². The van der Waals surface area contributed by atoms with Crippen molar-refractivity contribution >= 4 is 11.9 Å². The number of rotatable bonds is 26. The summed E-state index contributed by atoms with van der Waals surface area (Å²) in [4.78, 5) is 23.9. The Morgan fingerprint density at radius 2 is 0.778 bits per heavy atom. The van der Waals surface area contributed by atoms with Gasteiger partial charge in [0.05, 0.1) is 14.1 Å². The van der Waals surface area contributed by atoms with Crippen LogP contribution in [0.15, 0.2) is 0 Å². The fraction of sp³-hybridized carbons (Fsp3) is 0.933. The van der Waals surface area contributed by atoms with E-state index in [1.165, 1.54) is 89.9 Å². The van der Waals surface area contributed by atoms with Crippen molar-refractivity contribution in [3.63, 3.8) is 0 Å². The van der Waals surface area contributed by atoms with Crippen LogP contribution in [0.1, 0.15) is 142 Å². The molecule has 216 valence electrons. The van der Waals surface area contributed by atoms with Gasteiger partial charge < -0.3 is 26.4 Å². The number of carbonyl (C=O) groups is 2. The minimum absolute atomic E-state index is 0. The first-order valence-corrected chi connectivity index (χ1v) is 15.0. The summed E-state index contributed by atoms with van der Waals surface area (Å²) in [7, 11) is 4.17. The molecule has 0 bridgehead atoms. The average Bonchev–Trinajstić information content (AvgIpc) is 2.81. The van der Waals surface area contributed by atoms with Crippen molar-refractivity contribution in [3.8, 4) is 0 Å². The minimum atomic E-state index is -0.0830. The number of halogens is 1. The highest BCUT2D eigenvalue weighted by Gasteiger charge is 2.17. The molecule has 0 saturated heterocycles. The smallest absolute Gasteiger partial charge is 0.305 e. The molecular formula is C30H60ClNO4. The van der Waals surface area contributed by atoms with Crippen molar-refractivity contribution in [2.24, 2.45) is 0 Å². The molecule has 0 atom stereocenters. The maximum Gasteiger partial charge on any atom is 0.305 e. The van der Waals surface area contributed by atoms with E-state index >= 15 is 0 Å². The maximum atomic E-state index is 12.0. The molecule has 0 radical (unpaired) electrons. The monoisotopic (exact) mass is 533 g/mol. The highest BCUT2D eigenvalue weighted by Crippen LogP contribution is 2.12. The number of esters is 2. The number of carbonyl (C=O) groups excluding carboxylic acids is 2. The second-order valence-electron chi connectivity index (χ2n) is 11.0. The van der Waals surface area contributed by atoms with E-state index in [9.17, 15) is 9.59 Å². The van der Waals surface area contributed by atoms with E-state index in [1.807, 2.05) is 0 Å². The van der Waals surface area contributed by atoms with Crippen LogP contribution in [0.4, 0.5) is 0 Å². The fourth-order valence-electron chi connectivity index (χ4n) is 4.23. The molecule has 0 aliphatic rings. The third-order valence-corrected chi connectivity index (χ3v) is 6.89. The molecule has 0 fully saturated rings. The average molecular weight is 534 g/mol. The zero-order chi connectivity index (χ0) is 26.0. The largest absolute Gasteiger partial charge is 1.00 e. The van der Waals surface area contributed by atoms with E-state index in [4.69, 9.17) is 9.47 Å². The Bertz CT molecular complexity index is 457. The molecule has 0 N–H and O–H groups in total. The molecule has 6 heteroatoms. The summed E-state index contributed by atoms with van der Waals surface area (Å²) in [5, 5.41) is 0. The highest BCUT2D eigenvalue weighted by atomic mass is 35.5. The molecular weight excluding hydrogens is 474 g/mol. The van der Waals surface area contributed by atoms with Crippen molar-refractivity contribution in [3.05, 3.63) is 0 Å². The zero-order valence-electron chi connectivity index (χ0n) is 24.4. The molecule has 0 unspecified atom stereocenters. The van der Waals surface area contributed by atoms with Crippen molar-refractivity contribution in [2.75, 3.05) is 40.4 Å². The van der Waals surface area contributed by atoms with Gasteiger partial charge in [0.25, 0.3) is 0 Å². The van der Waals surface area contributed by atoms with Crippen LogP contribution in [0.25, 0.3) is 0 Å². The summed E-state index contributed by atoms with van der Waals surface area (Å²) in [6.07, 6.45) is 23.5. The molecule has 0 aromatic rings. The molecule has 0 aliphatic heterocycles. The predicted molar refractivity (Wildman–Crippen MR) is 147 cm³/mol. The van der Waals surface area contributed by atoms with Gasteiger partial charge in [-0.2, -0.15) is 0 Å². The maximum absolute atomic E-state index is 12.0. The normalized spacial score (nSPS) is 11.2. The van der Waals surface area contributed by atoms with Crippen molar-refractivity contribution in [1.29, 1.82) is 0 Å². The van der Waals surface area contributed by atoms with E-state index in [-0.39, 0.29) is 24.3 Å². The molecule has 0 heterocycles. The van der Waals surface area contributed by atoms with E-state index in [1.54, 1.807) is 0 Å². The van der Waals surface area contributed by atoms with Gasteiger partial charge in [-0.25, -0.2) is 0 Å². The van der Waals surface area contributed by atoms with Crippen molar-refractivity contribution < 1.29 is 36.0 Å². The molecule has 0 aromatic carbocycles. The predicted octanol–water partition coefficient (Wildman–Crippen LogP) is 5.00. The lowest BCUT2D eigenvalue weighted by molar-refractivity contribution is -0.890. The Kier molecular flexibility index (Phi) is 28.2. The molecule has 0 spiro atoms. The Morgan fingerprint density at radius 3 is 1.08 bits per heavy atom. The summed E-state index contributed by atoms with van der Waals surface area (Å²) in [6.45, 7) is 6.82. The van der Waals surface area contributed by atoms with Gasteiger partial charge in [0, 0.05) is 12.8 Å². The third-order valence-electron chi connectivity index (χ3n) is 6.89. The van der Waals surface area contributed by atoms with Gasteiger partial charge in [-0.1, -0.05) is 117 Å². The van der Waals surface area contributed by atoms with Crippen LogP contribution in [0.3, 0.4) is 0 Å². The standard InChI is InChI=1S/C30H60NO4.ClH/c1-5-7-9-11-13-15-17-19-21-23-29(32)34-27-25-31(3,4)26-28-35-30(33)24-22-20-18-16-14-12-10-8-6-2;/h5-28H2,1-4H3;1H/q+1;/p-1. The Balaban J connectivity index is 0. The van der Waals surface area contributed by atoms with E-state index in [0.29, 0.717) is 30.5 Å². The van der Waals surface area contributed by atoms with Gasteiger partial charge in [-0.3, -0.25) is 9.59 Å². The van der Waals surface area contributed by atoms with Crippen LogP contribution in [0.5, 0.6) is 0 Å². The number of nitrogens with zero attached hydrogens (tertiary/aromatic N) is 1. The molecule has 0 amide bonds. The lowest BCUT2D eigenvalue weighted by atomic mass is 10.1. The summed E-state index contributed by atoms with van der Waals surface area (Å²) in [5.74, 6) is -0.166.